The molecule has 0 aliphatic carbocycles. The van der Waals surface area contributed by atoms with Gasteiger partial charge in [0.1, 0.15) is 22.9 Å². The number of carboxylic acids is 1. The van der Waals surface area contributed by atoms with E-state index < -0.39 is 52.5 Å². The van der Waals surface area contributed by atoms with Gasteiger partial charge in [-0.2, -0.15) is 0 Å². The number of H-pyrrole nitrogens is 1. The van der Waals surface area contributed by atoms with Gasteiger partial charge in [-0.05, 0) is 52.4 Å². The minimum Gasteiger partial charge on any atom is -0.543 e. The van der Waals surface area contributed by atoms with Crippen molar-refractivity contribution in [3.05, 3.63) is 81.3 Å². The number of hydrogen-bond acceptors (Lipinski definition) is 14. The van der Waals surface area contributed by atoms with E-state index in [1.807, 2.05) is 0 Å². The Balaban J connectivity index is 0.00000468. The van der Waals surface area contributed by atoms with E-state index in [1.54, 1.807) is 31.3 Å². The van der Waals surface area contributed by atoms with Gasteiger partial charge in [-0.15, -0.1) is 16.9 Å². The number of nitrogens with one attached hydrogen (secondary N) is 3. The van der Waals surface area contributed by atoms with E-state index >= 15 is 0 Å². The Kier molecular flexibility index (Phi) is 11.0. The van der Waals surface area contributed by atoms with Crippen molar-refractivity contribution in [3.63, 3.8) is 0 Å². The quantitative estimate of drug-likeness (QED) is 0.0686. The first-order chi connectivity index (χ1) is 23.0. The number of urea groups is 1. The number of aromatic nitrogens is 6. The molecule has 0 radical (unpaired) electrons. The Morgan fingerprint density at radius 3 is 2.63 bits per heavy atom. The number of nitrogens with zero attached hydrogens (tertiary/aromatic N) is 7. The average molecular weight is 736 g/mol. The Morgan fingerprint density at radius 1 is 1.27 bits per heavy atom. The largest absolute Gasteiger partial charge is 1.00 e. The van der Waals surface area contributed by atoms with Gasteiger partial charge in [-0.3, -0.25) is 29.2 Å². The van der Waals surface area contributed by atoms with Gasteiger partial charge in [0.25, 0.3) is 17.4 Å². The first-order valence-electron chi connectivity index (χ1n) is 13.8. The molecule has 4 amide bonds. The van der Waals surface area contributed by atoms with E-state index in [9.17, 15) is 29.1 Å². The van der Waals surface area contributed by atoms with Crippen LogP contribution in [0.1, 0.15) is 11.8 Å². The van der Waals surface area contributed by atoms with Crippen molar-refractivity contribution >= 4 is 76.3 Å². The number of thioether (sulfide) groups is 2. The number of β-lactam (4-membered cyclic amide) rings is 1. The van der Waals surface area contributed by atoms with Crippen LogP contribution in [0.2, 0.25) is 5.02 Å². The van der Waals surface area contributed by atoms with Crippen LogP contribution in [-0.4, -0.2) is 81.8 Å². The summed E-state index contributed by atoms with van der Waals surface area (Å²) in [6, 6.07) is 5.35. The number of aryl methyl sites for hydroxylation is 1. The van der Waals surface area contributed by atoms with Gasteiger partial charge in [-0.25, -0.2) is 14.5 Å². The van der Waals surface area contributed by atoms with Crippen molar-refractivity contribution in [2.45, 2.75) is 22.6 Å². The summed E-state index contributed by atoms with van der Waals surface area (Å²) in [5.41, 5.74) is 5.14. The number of benzene rings is 1. The van der Waals surface area contributed by atoms with E-state index in [4.69, 9.17) is 21.8 Å². The number of carbonyl (C=O) groups is 4. The Morgan fingerprint density at radius 2 is 2.02 bits per heavy atom. The smallest absolute Gasteiger partial charge is 0.543 e. The van der Waals surface area contributed by atoms with E-state index in [0.717, 1.165) is 11.1 Å². The zero-order valence-corrected chi connectivity index (χ0v) is 29.9. The second kappa shape index (κ2) is 15.0. The maximum Gasteiger partial charge on any atom is 1.00 e. The van der Waals surface area contributed by atoms with E-state index in [1.165, 1.54) is 46.6 Å². The Labute approximate surface area is 311 Å². The summed E-state index contributed by atoms with van der Waals surface area (Å²) in [6.45, 7) is 0. The second-order valence-electron chi connectivity index (χ2n) is 10.2. The number of aromatic amines is 1. The number of aliphatic carboxylic acids is 1. The topological polar surface area (TPSA) is 250 Å². The fourth-order valence-corrected chi connectivity index (χ4v) is 7.47. The molecule has 49 heavy (non-hydrogen) atoms. The number of amides is 4. The number of carbonyl (C=O) groups excluding carboxylic acids is 4. The molecule has 6 rings (SSSR count). The molecular weight excluding hydrogens is 713 g/mol. The molecule has 5 N–H and O–H groups in total. The molecule has 2 unspecified atom stereocenters. The number of rotatable bonds is 11. The SMILES string of the molecule is Cn1nnnc1SCC1=C(C(=O)[O-])N2C(=O)C(NC(=O)C(c3ccco3)N(C(N)=O)c3cnc(Nc4ccc(Cl)cc4)[nH]c3=O)[C@@H]2SC1.[Na+]. The van der Waals surface area contributed by atoms with Crippen LogP contribution in [0.15, 0.2) is 74.5 Å². The molecule has 2 aliphatic heterocycles. The zero-order chi connectivity index (χ0) is 34.1. The average Bonchev–Trinajstić information content (AvgIpc) is 3.74. The van der Waals surface area contributed by atoms with Gasteiger partial charge >= 0.3 is 35.6 Å². The fraction of sp³-hybridized carbons (Fsp3) is 0.222. The standard InChI is InChI=1S/C27H24ClN11O7S2.Na/c1-37-27(34-35-36-37)48-11-12-10-47-23-17(22(42)39(23)18(12)24(43)44)32-21(41)19(16-3-2-8-46-16)38(25(29)45)15-9-30-26(33-20(15)40)31-14-6-4-13(28)5-7-14;/h2-9,17,19,23H,10-11H2,1H3,(H2,29,45)(H,32,41)(H,43,44)(H2,30,31,33,40);/q;+1/p-1/t17?,19?,23-;/m0./s1. The van der Waals surface area contributed by atoms with E-state index in [-0.39, 0.29) is 58.5 Å². The number of tetrazole rings is 1. The van der Waals surface area contributed by atoms with Crippen LogP contribution in [0.5, 0.6) is 0 Å². The summed E-state index contributed by atoms with van der Waals surface area (Å²) in [5, 5.41) is 28.9. The van der Waals surface area contributed by atoms with Crippen LogP contribution in [0.4, 0.5) is 22.1 Å². The van der Waals surface area contributed by atoms with Gasteiger partial charge < -0.3 is 30.7 Å². The minimum absolute atomic E-state index is 0. The Bertz CT molecular complexity index is 1990. The third kappa shape index (κ3) is 7.33. The maximum absolute atomic E-state index is 13.9. The molecule has 4 aromatic rings. The summed E-state index contributed by atoms with van der Waals surface area (Å²) >= 11 is 8.33. The van der Waals surface area contributed by atoms with Crippen molar-refractivity contribution in [2.24, 2.45) is 12.8 Å². The molecule has 18 nitrogen and oxygen atoms in total. The van der Waals surface area contributed by atoms with Crippen LogP contribution >= 0.6 is 35.1 Å². The van der Waals surface area contributed by atoms with Crippen LogP contribution in [-0.2, 0) is 21.4 Å². The molecule has 22 heteroatoms. The molecule has 2 aliphatic rings. The van der Waals surface area contributed by atoms with Crippen LogP contribution in [0.3, 0.4) is 0 Å². The molecular formula is C27H23ClN11NaO7S2. The first kappa shape index (κ1) is 36.0. The van der Waals surface area contributed by atoms with Gasteiger partial charge in [0.2, 0.25) is 11.1 Å². The van der Waals surface area contributed by atoms with Gasteiger partial charge in [0, 0.05) is 29.3 Å². The molecule has 5 heterocycles. The van der Waals surface area contributed by atoms with Gasteiger partial charge in [0.15, 0.2) is 6.04 Å². The maximum atomic E-state index is 13.9. The Hall–Kier alpha value is -4.34. The summed E-state index contributed by atoms with van der Waals surface area (Å²) in [4.78, 5) is 73.8. The molecule has 248 valence electrons. The number of carboxylic acid groups (broad SMARTS) is 1. The summed E-state index contributed by atoms with van der Waals surface area (Å²) < 4.78 is 6.86. The van der Waals surface area contributed by atoms with Crippen molar-refractivity contribution in [1.82, 2.24) is 40.4 Å². The number of nitrogens with two attached hydrogens (primary N) is 1. The van der Waals surface area contributed by atoms with Crippen LogP contribution < -0.4 is 61.5 Å². The predicted molar refractivity (Wildman–Crippen MR) is 170 cm³/mol. The molecule has 0 bridgehead atoms. The normalized spacial score (nSPS) is 17.3. The van der Waals surface area contributed by atoms with Crippen LogP contribution in [0.25, 0.3) is 0 Å². The van der Waals surface area contributed by atoms with Crippen molar-refractivity contribution in [2.75, 3.05) is 21.7 Å². The van der Waals surface area contributed by atoms with Crippen molar-refractivity contribution in [3.8, 4) is 0 Å². The number of primary amides is 1. The molecule has 3 aromatic heterocycles. The molecule has 1 fully saturated rings. The summed E-state index contributed by atoms with van der Waals surface area (Å²) in [5.74, 6) is -2.89. The van der Waals surface area contributed by atoms with Gasteiger partial charge in [-0.1, -0.05) is 23.4 Å². The number of hydrogen-bond donors (Lipinski definition) is 4. The molecule has 1 saturated heterocycles. The third-order valence-electron chi connectivity index (χ3n) is 7.20. The molecule has 1 aromatic carbocycles. The monoisotopic (exact) mass is 735 g/mol. The molecule has 3 atom stereocenters. The van der Waals surface area contributed by atoms with Crippen molar-refractivity contribution in [1.29, 1.82) is 0 Å². The zero-order valence-electron chi connectivity index (χ0n) is 25.5. The van der Waals surface area contributed by atoms with Crippen LogP contribution in [0, 0.1) is 0 Å². The third-order valence-corrected chi connectivity index (χ3v) is 9.89. The number of anilines is 3. The summed E-state index contributed by atoms with van der Waals surface area (Å²) in [7, 11) is 1.63. The summed E-state index contributed by atoms with van der Waals surface area (Å²) in [6.07, 6.45) is 2.29. The van der Waals surface area contributed by atoms with E-state index in [2.05, 4.69) is 36.1 Å². The van der Waals surface area contributed by atoms with Crippen molar-refractivity contribution < 1.29 is 58.3 Å². The van der Waals surface area contributed by atoms with E-state index in [0.29, 0.717) is 26.3 Å². The number of fused-ring (bicyclic) bond motifs is 1. The van der Waals surface area contributed by atoms with Gasteiger partial charge in [0.05, 0.1) is 24.1 Å². The predicted octanol–water partition coefficient (Wildman–Crippen LogP) is -2.89. The second-order valence-corrected chi connectivity index (χ2v) is 12.7. The molecule has 0 saturated carbocycles. The number of furan rings is 1. The minimum atomic E-state index is -1.66. The number of halogens is 1. The fourth-order valence-electron chi connectivity index (χ4n) is 5.01. The molecule has 0 spiro atoms. The first-order valence-corrected chi connectivity index (χ1v) is 16.2.